The van der Waals surface area contributed by atoms with Gasteiger partial charge in [-0.3, -0.25) is 10.2 Å². The van der Waals surface area contributed by atoms with E-state index in [0.29, 0.717) is 27.2 Å². The molecule has 0 unspecified atom stereocenters. The second kappa shape index (κ2) is 7.92. The zero-order valence-corrected chi connectivity index (χ0v) is 15.2. The van der Waals surface area contributed by atoms with Gasteiger partial charge in [-0.15, -0.1) is 0 Å². The largest absolute Gasteiger partial charge is 0.493 e. The summed E-state index contributed by atoms with van der Waals surface area (Å²) < 4.78 is 11.0. The Kier molecular flexibility index (Phi) is 5.92. The van der Waals surface area contributed by atoms with E-state index >= 15 is 0 Å². The number of ether oxygens (including phenoxy) is 2. The maximum atomic E-state index is 11.4. The number of nitrogens with one attached hydrogen (secondary N) is 1. The normalized spacial score (nSPS) is 11.1. The highest BCUT2D eigenvalue weighted by molar-refractivity contribution is 7.17. The quantitative estimate of drug-likeness (QED) is 0.467. The van der Waals surface area contributed by atoms with Crippen LogP contribution in [0.15, 0.2) is 23.3 Å². The van der Waals surface area contributed by atoms with E-state index in [1.54, 1.807) is 20.2 Å². The number of hydrogen-bond acceptors (Lipinski definition) is 7. The van der Waals surface area contributed by atoms with Crippen LogP contribution in [0.4, 0.5) is 5.13 Å². The minimum Gasteiger partial charge on any atom is -0.493 e. The SMILES string of the molecule is COc1cc(/C=N/Nc2nc(C)c(C(C)=O)s2)ccc1OC(C)C. The minimum atomic E-state index is 0.00695. The summed E-state index contributed by atoms with van der Waals surface area (Å²) in [6.45, 7) is 7.26. The Hall–Kier alpha value is -2.41. The van der Waals surface area contributed by atoms with Gasteiger partial charge in [-0.05, 0) is 44.5 Å². The number of aryl methyl sites for hydroxylation is 1. The number of carbonyl (C=O) groups is 1. The van der Waals surface area contributed by atoms with Crippen molar-refractivity contribution in [3.8, 4) is 11.5 Å². The standard InChI is InChI=1S/C17H21N3O3S/c1-10(2)23-14-7-6-13(8-15(14)22-5)9-18-20-17-19-11(3)16(24-17)12(4)21/h6-10H,1-5H3,(H,19,20)/b18-9+. The molecule has 1 N–H and O–H groups in total. The lowest BCUT2D eigenvalue weighted by Crippen LogP contribution is -2.06. The van der Waals surface area contributed by atoms with Gasteiger partial charge in [0, 0.05) is 6.92 Å². The molecule has 2 rings (SSSR count). The summed E-state index contributed by atoms with van der Waals surface area (Å²) in [5, 5.41) is 4.74. The predicted molar refractivity (Wildman–Crippen MR) is 96.8 cm³/mol. The highest BCUT2D eigenvalue weighted by Gasteiger charge is 2.11. The van der Waals surface area contributed by atoms with Crippen molar-refractivity contribution in [1.82, 2.24) is 4.98 Å². The molecular formula is C17H21N3O3S. The lowest BCUT2D eigenvalue weighted by atomic mass is 10.2. The van der Waals surface area contributed by atoms with E-state index in [1.807, 2.05) is 32.0 Å². The third-order valence-corrected chi connectivity index (χ3v) is 4.20. The van der Waals surface area contributed by atoms with Gasteiger partial charge in [-0.2, -0.15) is 5.10 Å². The van der Waals surface area contributed by atoms with E-state index in [2.05, 4.69) is 15.5 Å². The Labute approximate surface area is 145 Å². The van der Waals surface area contributed by atoms with Crippen LogP contribution in [0.3, 0.4) is 0 Å². The van der Waals surface area contributed by atoms with E-state index in [9.17, 15) is 4.79 Å². The van der Waals surface area contributed by atoms with E-state index in [-0.39, 0.29) is 11.9 Å². The van der Waals surface area contributed by atoms with Gasteiger partial charge in [-0.25, -0.2) is 4.98 Å². The lowest BCUT2D eigenvalue weighted by molar-refractivity contribution is 0.102. The number of anilines is 1. The van der Waals surface area contributed by atoms with Crippen LogP contribution in [0.5, 0.6) is 11.5 Å². The van der Waals surface area contributed by atoms with Gasteiger partial charge in [0.05, 0.1) is 30.0 Å². The zero-order chi connectivity index (χ0) is 17.7. The monoisotopic (exact) mass is 347 g/mol. The van der Waals surface area contributed by atoms with Crippen molar-refractivity contribution in [1.29, 1.82) is 0 Å². The van der Waals surface area contributed by atoms with Crippen molar-refractivity contribution in [2.24, 2.45) is 5.10 Å². The van der Waals surface area contributed by atoms with Gasteiger partial charge in [0.2, 0.25) is 5.13 Å². The summed E-state index contributed by atoms with van der Waals surface area (Å²) in [6.07, 6.45) is 1.73. The molecule has 2 aromatic rings. The second-order valence-electron chi connectivity index (χ2n) is 5.44. The third-order valence-electron chi connectivity index (χ3n) is 3.04. The second-order valence-corrected chi connectivity index (χ2v) is 6.44. The molecule has 0 bridgehead atoms. The number of nitrogens with zero attached hydrogens (tertiary/aromatic N) is 2. The first kappa shape index (κ1) is 17.9. The average molecular weight is 347 g/mol. The maximum Gasteiger partial charge on any atom is 0.204 e. The van der Waals surface area contributed by atoms with Gasteiger partial charge in [0.25, 0.3) is 0 Å². The number of thiazole rings is 1. The lowest BCUT2D eigenvalue weighted by Gasteiger charge is -2.13. The molecular weight excluding hydrogens is 326 g/mol. The van der Waals surface area contributed by atoms with Gasteiger partial charge in [-0.1, -0.05) is 11.3 Å². The molecule has 7 heteroatoms. The van der Waals surface area contributed by atoms with Crippen LogP contribution in [-0.4, -0.2) is 30.2 Å². The van der Waals surface area contributed by atoms with Gasteiger partial charge in [0.15, 0.2) is 17.3 Å². The molecule has 0 saturated heterocycles. The summed E-state index contributed by atoms with van der Waals surface area (Å²) in [5.41, 5.74) is 4.41. The molecule has 24 heavy (non-hydrogen) atoms. The zero-order valence-electron chi connectivity index (χ0n) is 14.4. The predicted octanol–water partition coefficient (Wildman–Crippen LogP) is 3.90. The van der Waals surface area contributed by atoms with Crippen molar-refractivity contribution in [2.75, 3.05) is 12.5 Å². The van der Waals surface area contributed by atoms with E-state index in [0.717, 1.165) is 5.56 Å². The fourth-order valence-electron chi connectivity index (χ4n) is 2.05. The first-order valence-electron chi connectivity index (χ1n) is 7.53. The summed E-state index contributed by atoms with van der Waals surface area (Å²) in [5.74, 6) is 1.35. The number of methoxy groups -OCH3 is 1. The molecule has 1 heterocycles. The van der Waals surface area contributed by atoms with Crippen molar-refractivity contribution in [2.45, 2.75) is 33.8 Å². The smallest absolute Gasteiger partial charge is 0.204 e. The summed E-state index contributed by atoms with van der Waals surface area (Å²) >= 11 is 1.29. The van der Waals surface area contributed by atoms with Crippen LogP contribution >= 0.6 is 11.3 Å². The third kappa shape index (κ3) is 4.55. The molecule has 0 aliphatic rings. The van der Waals surface area contributed by atoms with Crippen LogP contribution in [0.1, 0.15) is 41.7 Å². The minimum absolute atomic E-state index is 0.00695. The first-order valence-corrected chi connectivity index (χ1v) is 8.34. The highest BCUT2D eigenvalue weighted by atomic mass is 32.1. The number of benzene rings is 1. The Morgan fingerprint density at radius 2 is 2.12 bits per heavy atom. The van der Waals surface area contributed by atoms with Crippen molar-refractivity contribution in [3.05, 3.63) is 34.3 Å². The molecule has 1 aromatic heterocycles. The molecule has 0 fully saturated rings. The number of hydrazone groups is 1. The first-order chi connectivity index (χ1) is 11.4. The summed E-state index contributed by atoms with van der Waals surface area (Å²) in [4.78, 5) is 16.3. The van der Waals surface area contributed by atoms with E-state index in [4.69, 9.17) is 9.47 Å². The number of aromatic nitrogens is 1. The number of rotatable bonds is 7. The van der Waals surface area contributed by atoms with E-state index < -0.39 is 0 Å². The Balaban J connectivity index is 2.09. The van der Waals surface area contributed by atoms with Crippen LogP contribution in [0.2, 0.25) is 0 Å². The number of carbonyl (C=O) groups excluding carboxylic acids is 1. The van der Waals surface area contributed by atoms with Gasteiger partial charge in [0.1, 0.15) is 0 Å². The molecule has 128 valence electrons. The number of ketones is 1. The van der Waals surface area contributed by atoms with Gasteiger partial charge >= 0.3 is 0 Å². The van der Waals surface area contributed by atoms with Crippen LogP contribution in [0, 0.1) is 6.92 Å². The molecule has 6 nitrogen and oxygen atoms in total. The number of Topliss-reactive ketones (excluding diaryl/α,β-unsaturated/α-hetero) is 1. The fraction of sp³-hybridized carbons (Fsp3) is 0.353. The molecule has 0 amide bonds. The fourth-order valence-corrected chi connectivity index (χ4v) is 2.86. The van der Waals surface area contributed by atoms with Crippen molar-refractivity contribution < 1.29 is 14.3 Å². The van der Waals surface area contributed by atoms with Crippen LogP contribution < -0.4 is 14.9 Å². The van der Waals surface area contributed by atoms with Crippen molar-refractivity contribution in [3.63, 3.8) is 0 Å². The topological polar surface area (TPSA) is 72.8 Å². The molecule has 0 atom stereocenters. The Morgan fingerprint density at radius 1 is 1.38 bits per heavy atom. The summed E-state index contributed by atoms with van der Waals surface area (Å²) in [6, 6.07) is 5.58. The highest BCUT2D eigenvalue weighted by Crippen LogP contribution is 2.28. The molecule has 0 spiro atoms. The Morgan fingerprint density at radius 3 is 2.71 bits per heavy atom. The molecule has 0 saturated carbocycles. The number of hydrogen-bond donors (Lipinski definition) is 1. The molecule has 0 radical (unpaired) electrons. The van der Waals surface area contributed by atoms with E-state index in [1.165, 1.54) is 18.3 Å². The van der Waals surface area contributed by atoms with Gasteiger partial charge < -0.3 is 9.47 Å². The van der Waals surface area contributed by atoms with Crippen LogP contribution in [0.25, 0.3) is 0 Å². The van der Waals surface area contributed by atoms with Crippen LogP contribution in [-0.2, 0) is 0 Å². The molecule has 0 aliphatic carbocycles. The molecule has 1 aromatic carbocycles. The maximum absolute atomic E-state index is 11.4. The average Bonchev–Trinajstić information content (AvgIpc) is 2.89. The molecule has 0 aliphatic heterocycles. The summed E-state index contributed by atoms with van der Waals surface area (Å²) in [7, 11) is 1.60. The Bertz CT molecular complexity index is 754. The van der Waals surface area contributed by atoms with Crippen molar-refractivity contribution >= 4 is 28.5 Å².